The van der Waals surface area contributed by atoms with Gasteiger partial charge in [-0.05, 0) is 42.7 Å². The largest absolute Gasteiger partial charge is 0.481 e. The minimum Gasteiger partial charge on any atom is -0.481 e. The Morgan fingerprint density at radius 1 is 1.30 bits per heavy atom. The van der Waals surface area contributed by atoms with Gasteiger partial charge in [-0.2, -0.15) is 0 Å². The van der Waals surface area contributed by atoms with Crippen molar-refractivity contribution in [2.45, 2.75) is 65.6 Å². The van der Waals surface area contributed by atoms with Gasteiger partial charge in [0.2, 0.25) is 5.91 Å². The number of carboxylic acid groups (broad SMARTS) is 1. The van der Waals surface area contributed by atoms with Crippen LogP contribution in [0.25, 0.3) is 10.4 Å². The van der Waals surface area contributed by atoms with E-state index < -0.39 is 12.0 Å². The van der Waals surface area contributed by atoms with Crippen molar-refractivity contribution in [2.75, 3.05) is 13.1 Å². The number of rotatable bonds is 8. The molecule has 1 aromatic heterocycles. The molecule has 2 aromatic rings. The van der Waals surface area contributed by atoms with Crippen LogP contribution in [0.4, 0.5) is 0 Å². The summed E-state index contributed by atoms with van der Waals surface area (Å²) in [5, 5.41) is 12.8. The zero-order valence-electron chi connectivity index (χ0n) is 20.2. The second kappa shape index (κ2) is 10.3. The Morgan fingerprint density at radius 2 is 1.97 bits per heavy atom. The van der Waals surface area contributed by atoms with Crippen molar-refractivity contribution in [1.82, 2.24) is 15.2 Å². The number of likely N-dealkylation sites (tertiary alicyclic amines) is 1. The number of hydrogen-bond acceptors (Lipinski definition) is 6. The molecule has 3 rings (SSSR count). The molecule has 8 heteroatoms. The first-order chi connectivity index (χ1) is 15.5. The van der Waals surface area contributed by atoms with Gasteiger partial charge in [0, 0.05) is 31.6 Å². The number of aromatic nitrogens is 1. The number of aryl methyl sites for hydroxylation is 1. The van der Waals surface area contributed by atoms with E-state index in [1.165, 1.54) is 4.88 Å². The van der Waals surface area contributed by atoms with E-state index in [-0.39, 0.29) is 35.7 Å². The number of carbonyl (C=O) groups excluding carboxylic acids is 1. The smallest absolute Gasteiger partial charge is 0.303 e. The fourth-order valence-corrected chi connectivity index (χ4v) is 5.17. The molecule has 1 fully saturated rings. The number of amides is 1. The third-order valence-electron chi connectivity index (χ3n) is 6.52. The number of thiazole rings is 1. The highest BCUT2D eigenvalue weighted by Gasteiger charge is 2.40. The van der Waals surface area contributed by atoms with Crippen molar-refractivity contribution < 1.29 is 14.7 Å². The minimum atomic E-state index is -0.828. The van der Waals surface area contributed by atoms with Crippen molar-refractivity contribution >= 4 is 23.2 Å². The minimum absolute atomic E-state index is 0.0531. The van der Waals surface area contributed by atoms with Crippen molar-refractivity contribution in [3.63, 3.8) is 0 Å². The lowest BCUT2D eigenvalue weighted by Crippen LogP contribution is -2.53. The Kier molecular flexibility index (Phi) is 7.92. The molecule has 1 saturated heterocycles. The number of carboxylic acids is 1. The molecule has 4 atom stereocenters. The molecule has 2 heterocycles. The SMILES string of the molecule is Cc1ncsc1-c1ccc([C@H](C)NC[C@@H]2C[C@H](CC(=O)O)CN2C(=O)[C@@H](N)C(C)(C)C)cc1. The highest BCUT2D eigenvalue weighted by atomic mass is 32.1. The number of nitrogens with one attached hydrogen (secondary N) is 1. The number of nitrogens with two attached hydrogens (primary N) is 1. The van der Waals surface area contributed by atoms with E-state index in [1.807, 2.05) is 33.2 Å². The Bertz CT molecular complexity index is 967. The molecule has 7 nitrogen and oxygen atoms in total. The van der Waals surface area contributed by atoms with E-state index in [0.29, 0.717) is 19.5 Å². The average molecular weight is 473 g/mol. The summed E-state index contributed by atoms with van der Waals surface area (Å²) in [7, 11) is 0. The lowest BCUT2D eigenvalue weighted by Gasteiger charge is -2.33. The number of benzene rings is 1. The van der Waals surface area contributed by atoms with Crippen LogP contribution in [-0.4, -0.2) is 52.0 Å². The van der Waals surface area contributed by atoms with Crippen molar-refractivity contribution in [2.24, 2.45) is 17.1 Å². The van der Waals surface area contributed by atoms with Crippen LogP contribution in [0, 0.1) is 18.3 Å². The summed E-state index contributed by atoms with van der Waals surface area (Å²) in [6.45, 7) is 11.0. The highest BCUT2D eigenvalue weighted by Crippen LogP contribution is 2.30. The Hall–Kier alpha value is -2.29. The van der Waals surface area contributed by atoms with Gasteiger partial charge in [0.05, 0.1) is 22.1 Å². The summed E-state index contributed by atoms with van der Waals surface area (Å²) in [5.41, 5.74) is 11.1. The standard InChI is InChI=1S/C25H36N4O3S/c1-15(18-6-8-19(9-7-18)22-16(2)28-14-33-22)27-12-20-10-17(11-21(30)31)13-29(20)24(32)23(26)25(3,4)5/h6-9,14-15,17,20,23,27H,10-13,26H2,1-5H3,(H,30,31)/t15-,17+,20-,23+/m0/s1. The first kappa shape index (κ1) is 25.3. The summed E-state index contributed by atoms with van der Waals surface area (Å²) < 4.78 is 0. The molecular formula is C25H36N4O3S. The first-order valence-corrected chi connectivity index (χ1v) is 12.4. The zero-order chi connectivity index (χ0) is 24.3. The Morgan fingerprint density at radius 3 is 2.52 bits per heavy atom. The van der Waals surface area contributed by atoms with Gasteiger partial charge in [-0.15, -0.1) is 11.3 Å². The van der Waals surface area contributed by atoms with Crippen molar-refractivity contribution in [3.05, 3.63) is 41.0 Å². The monoisotopic (exact) mass is 472 g/mol. The molecule has 4 N–H and O–H groups in total. The number of nitrogens with zero attached hydrogens (tertiary/aromatic N) is 2. The van der Waals surface area contributed by atoms with Crippen molar-refractivity contribution in [3.8, 4) is 10.4 Å². The van der Waals surface area contributed by atoms with Gasteiger partial charge in [-0.25, -0.2) is 4.98 Å². The van der Waals surface area contributed by atoms with Gasteiger partial charge in [-0.3, -0.25) is 9.59 Å². The molecular weight excluding hydrogens is 436 g/mol. The molecule has 1 aromatic carbocycles. The summed E-state index contributed by atoms with van der Waals surface area (Å²) in [6, 6.07) is 7.86. The molecule has 0 unspecified atom stereocenters. The lowest BCUT2D eigenvalue weighted by molar-refractivity contribution is -0.139. The third-order valence-corrected chi connectivity index (χ3v) is 7.50. The predicted octanol–water partition coefficient (Wildman–Crippen LogP) is 3.83. The van der Waals surface area contributed by atoms with E-state index in [4.69, 9.17) is 5.73 Å². The summed E-state index contributed by atoms with van der Waals surface area (Å²) in [6.07, 6.45) is 0.733. The van der Waals surface area contributed by atoms with Crippen LogP contribution >= 0.6 is 11.3 Å². The van der Waals surface area contributed by atoms with Crippen LogP contribution < -0.4 is 11.1 Å². The molecule has 0 aliphatic carbocycles. The van der Waals surface area contributed by atoms with E-state index in [1.54, 1.807) is 16.2 Å². The maximum atomic E-state index is 13.1. The van der Waals surface area contributed by atoms with Crippen LogP contribution in [-0.2, 0) is 9.59 Å². The molecule has 0 bridgehead atoms. The first-order valence-electron chi connectivity index (χ1n) is 11.5. The molecule has 33 heavy (non-hydrogen) atoms. The summed E-state index contributed by atoms with van der Waals surface area (Å²) >= 11 is 1.64. The van der Waals surface area contributed by atoms with E-state index in [0.717, 1.165) is 16.8 Å². The van der Waals surface area contributed by atoms with Gasteiger partial charge < -0.3 is 21.1 Å². The van der Waals surface area contributed by atoms with Crippen molar-refractivity contribution in [1.29, 1.82) is 0 Å². The molecule has 0 saturated carbocycles. The van der Waals surface area contributed by atoms with E-state index in [2.05, 4.69) is 41.5 Å². The van der Waals surface area contributed by atoms with E-state index >= 15 is 0 Å². The molecule has 1 aliphatic heterocycles. The van der Waals surface area contributed by atoms with Crippen LogP contribution in [0.1, 0.15) is 57.8 Å². The third kappa shape index (κ3) is 6.19. The average Bonchev–Trinajstić information content (AvgIpc) is 3.35. The summed E-state index contributed by atoms with van der Waals surface area (Å²) in [4.78, 5) is 31.7. The summed E-state index contributed by atoms with van der Waals surface area (Å²) in [5.74, 6) is -0.979. The van der Waals surface area contributed by atoms with Gasteiger partial charge in [0.1, 0.15) is 0 Å². The zero-order valence-corrected chi connectivity index (χ0v) is 21.0. The van der Waals surface area contributed by atoms with Crippen LogP contribution in [0.2, 0.25) is 0 Å². The quantitative estimate of drug-likeness (QED) is 0.539. The maximum absolute atomic E-state index is 13.1. The van der Waals surface area contributed by atoms with Gasteiger partial charge in [0.25, 0.3) is 0 Å². The number of hydrogen-bond donors (Lipinski definition) is 3. The second-order valence-corrected chi connectivity index (χ2v) is 11.1. The number of carbonyl (C=O) groups is 2. The molecule has 1 amide bonds. The maximum Gasteiger partial charge on any atom is 0.303 e. The van der Waals surface area contributed by atoms with Gasteiger partial charge in [0.15, 0.2) is 0 Å². The van der Waals surface area contributed by atoms with E-state index in [9.17, 15) is 14.7 Å². The van der Waals surface area contributed by atoms with Gasteiger partial charge in [-0.1, -0.05) is 45.0 Å². The Labute approximate surface area is 200 Å². The lowest BCUT2D eigenvalue weighted by atomic mass is 9.86. The fourth-order valence-electron chi connectivity index (χ4n) is 4.35. The number of aliphatic carboxylic acids is 1. The fraction of sp³-hybridized carbons (Fsp3) is 0.560. The van der Waals surface area contributed by atoms with Crippen LogP contribution in [0.5, 0.6) is 0 Å². The molecule has 0 radical (unpaired) electrons. The Balaban J connectivity index is 1.67. The topological polar surface area (TPSA) is 109 Å². The molecule has 1 aliphatic rings. The van der Waals surface area contributed by atoms with Gasteiger partial charge >= 0.3 is 5.97 Å². The highest BCUT2D eigenvalue weighted by molar-refractivity contribution is 7.13. The normalized spacial score (nSPS) is 20.6. The predicted molar refractivity (Wildman–Crippen MR) is 132 cm³/mol. The van der Waals surface area contributed by atoms with Crippen LogP contribution in [0.3, 0.4) is 0 Å². The molecule has 180 valence electrons. The van der Waals surface area contributed by atoms with Crippen LogP contribution in [0.15, 0.2) is 29.8 Å². The second-order valence-electron chi connectivity index (χ2n) is 10.2. The molecule has 0 spiro atoms.